The van der Waals surface area contributed by atoms with Crippen LogP contribution in [0.1, 0.15) is 30.7 Å². The van der Waals surface area contributed by atoms with Gasteiger partial charge in [-0.25, -0.2) is 0 Å². The SMILES string of the molecule is Cc1cc(C)n(CC(=O)N2CCCC(O)(COc3cccc(Cl)c3)CC2)n1. The highest BCUT2D eigenvalue weighted by Crippen LogP contribution is 2.25. The third kappa shape index (κ3) is 5.23. The van der Waals surface area contributed by atoms with Crippen LogP contribution >= 0.6 is 11.6 Å². The molecule has 2 heterocycles. The van der Waals surface area contributed by atoms with Crippen molar-refractivity contribution in [3.05, 3.63) is 46.7 Å². The molecular weight excluding hydrogens is 366 g/mol. The van der Waals surface area contributed by atoms with E-state index in [1.54, 1.807) is 16.8 Å². The molecule has 2 aromatic rings. The fourth-order valence-corrected chi connectivity index (χ4v) is 3.59. The van der Waals surface area contributed by atoms with E-state index in [9.17, 15) is 9.90 Å². The summed E-state index contributed by atoms with van der Waals surface area (Å²) in [5.74, 6) is 0.666. The predicted octanol–water partition coefficient (Wildman–Crippen LogP) is 2.98. The van der Waals surface area contributed by atoms with Gasteiger partial charge in [-0.15, -0.1) is 0 Å². The lowest BCUT2D eigenvalue weighted by atomic mass is 9.96. The molecule has 0 radical (unpaired) electrons. The number of hydrogen-bond acceptors (Lipinski definition) is 4. The van der Waals surface area contributed by atoms with E-state index in [-0.39, 0.29) is 19.1 Å². The van der Waals surface area contributed by atoms with Crippen LogP contribution < -0.4 is 4.74 Å². The van der Waals surface area contributed by atoms with Gasteiger partial charge in [0.25, 0.3) is 0 Å². The fraction of sp³-hybridized carbons (Fsp3) is 0.500. The van der Waals surface area contributed by atoms with E-state index >= 15 is 0 Å². The molecule has 7 heteroatoms. The van der Waals surface area contributed by atoms with Gasteiger partial charge in [0.05, 0.1) is 5.69 Å². The molecule has 0 bridgehead atoms. The van der Waals surface area contributed by atoms with Crippen LogP contribution in [0.3, 0.4) is 0 Å². The van der Waals surface area contributed by atoms with Gasteiger partial charge in [-0.1, -0.05) is 17.7 Å². The van der Waals surface area contributed by atoms with Crippen LogP contribution in [0.2, 0.25) is 5.02 Å². The number of hydrogen-bond donors (Lipinski definition) is 1. The highest BCUT2D eigenvalue weighted by atomic mass is 35.5. The molecule has 1 amide bonds. The standard InChI is InChI=1S/C20H26ClN3O3/c1-15-11-16(2)24(22-15)13-19(25)23-9-4-7-20(26,8-10-23)14-27-18-6-3-5-17(21)12-18/h3,5-6,11-12,26H,4,7-10,13-14H2,1-2H3. The summed E-state index contributed by atoms with van der Waals surface area (Å²) in [5, 5.41) is 15.9. The van der Waals surface area contributed by atoms with Crippen LogP contribution in [0.5, 0.6) is 5.75 Å². The Balaban J connectivity index is 1.55. The second kappa shape index (κ2) is 8.31. The van der Waals surface area contributed by atoms with Crippen LogP contribution in [-0.4, -0.2) is 51.0 Å². The molecule has 1 atom stereocenters. The molecule has 1 N–H and O–H groups in total. The smallest absolute Gasteiger partial charge is 0.244 e. The maximum absolute atomic E-state index is 12.6. The zero-order valence-electron chi connectivity index (χ0n) is 15.8. The number of amides is 1. The lowest BCUT2D eigenvalue weighted by Crippen LogP contribution is -2.39. The van der Waals surface area contributed by atoms with Crippen molar-refractivity contribution in [1.82, 2.24) is 14.7 Å². The number of likely N-dealkylation sites (tertiary alicyclic amines) is 1. The summed E-state index contributed by atoms with van der Waals surface area (Å²) in [5.41, 5.74) is 0.932. The van der Waals surface area contributed by atoms with Crippen molar-refractivity contribution in [2.45, 2.75) is 45.3 Å². The molecule has 27 heavy (non-hydrogen) atoms. The zero-order chi connectivity index (χ0) is 19.4. The van der Waals surface area contributed by atoms with Crippen LogP contribution in [0, 0.1) is 13.8 Å². The van der Waals surface area contributed by atoms with Crippen molar-refractivity contribution >= 4 is 17.5 Å². The Morgan fingerprint density at radius 2 is 2.11 bits per heavy atom. The largest absolute Gasteiger partial charge is 0.491 e. The second-order valence-corrected chi connectivity index (χ2v) is 7.73. The topological polar surface area (TPSA) is 67.6 Å². The molecule has 0 aliphatic carbocycles. The molecule has 1 unspecified atom stereocenters. The summed E-state index contributed by atoms with van der Waals surface area (Å²) in [4.78, 5) is 14.5. The third-order valence-corrected chi connectivity index (χ3v) is 5.20. The number of benzene rings is 1. The Morgan fingerprint density at radius 1 is 1.30 bits per heavy atom. The van der Waals surface area contributed by atoms with Crippen molar-refractivity contribution in [2.75, 3.05) is 19.7 Å². The van der Waals surface area contributed by atoms with Gasteiger partial charge in [-0.05, 0) is 57.4 Å². The van der Waals surface area contributed by atoms with Crippen molar-refractivity contribution in [3.8, 4) is 5.75 Å². The van der Waals surface area contributed by atoms with Gasteiger partial charge in [0, 0.05) is 23.8 Å². The van der Waals surface area contributed by atoms with Crippen molar-refractivity contribution < 1.29 is 14.6 Å². The first-order valence-corrected chi connectivity index (χ1v) is 9.62. The number of aromatic nitrogens is 2. The maximum atomic E-state index is 12.6. The fourth-order valence-electron chi connectivity index (χ4n) is 3.41. The number of halogens is 1. The normalized spacial score (nSPS) is 20.4. The quantitative estimate of drug-likeness (QED) is 0.850. The molecule has 6 nitrogen and oxygen atoms in total. The minimum absolute atomic E-state index is 0.0289. The molecule has 1 fully saturated rings. The highest BCUT2D eigenvalue weighted by Gasteiger charge is 2.32. The van der Waals surface area contributed by atoms with E-state index in [0.717, 1.165) is 17.8 Å². The van der Waals surface area contributed by atoms with Gasteiger partial charge in [0.15, 0.2) is 0 Å². The number of carbonyl (C=O) groups excluding carboxylic acids is 1. The first-order valence-electron chi connectivity index (χ1n) is 9.24. The predicted molar refractivity (Wildman–Crippen MR) is 104 cm³/mol. The van der Waals surface area contributed by atoms with Crippen molar-refractivity contribution in [1.29, 1.82) is 0 Å². The Bertz CT molecular complexity index is 808. The lowest BCUT2D eigenvalue weighted by Gasteiger charge is -2.27. The molecule has 1 aliphatic rings. The van der Waals surface area contributed by atoms with Crippen molar-refractivity contribution in [2.24, 2.45) is 0 Å². The molecule has 0 spiro atoms. The minimum Gasteiger partial charge on any atom is -0.491 e. The summed E-state index contributed by atoms with van der Waals surface area (Å²) < 4.78 is 7.48. The third-order valence-electron chi connectivity index (χ3n) is 4.96. The van der Waals surface area contributed by atoms with Crippen LogP contribution in [0.15, 0.2) is 30.3 Å². The highest BCUT2D eigenvalue weighted by molar-refractivity contribution is 6.30. The summed E-state index contributed by atoms with van der Waals surface area (Å²) in [6.07, 6.45) is 1.81. The molecular formula is C20H26ClN3O3. The van der Waals surface area contributed by atoms with E-state index < -0.39 is 5.60 Å². The molecule has 0 saturated carbocycles. The van der Waals surface area contributed by atoms with Crippen LogP contribution in [0.4, 0.5) is 0 Å². The number of ether oxygens (including phenoxy) is 1. The van der Waals surface area contributed by atoms with E-state index in [2.05, 4.69) is 5.10 Å². The summed E-state index contributed by atoms with van der Waals surface area (Å²) >= 11 is 5.97. The monoisotopic (exact) mass is 391 g/mol. The van der Waals surface area contributed by atoms with E-state index in [0.29, 0.717) is 36.7 Å². The first kappa shape index (κ1) is 19.7. The van der Waals surface area contributed by atoms with E-state index in [4.69, 9.17) is 16.3 Å². The average Bonchev–Trinajstić information content (AvgIpc) is 2.81. The van der Waals surface area contributed by atoms with Crippen molar-refractivity contribution in [3.63, 3.8) is 0 Å². The molecule has 146 valence electrons. The maximum Gasteiger partial charge on any atom is 0.244 e. The van der Waals surface area contributed by atoms with E-state index in [1.165, 1.54) is 0 Å². The summed E-state index contributed by atoms with van der Waals surface area (Å²) in [6, 6.07) is 9.10. The van der Waals surface area contributed by atoms with Crippen LogP contribution in [0.25, 0.3) is 0 Å². The Hall–Kier alpha value is -2.05. The molecule has 1 aromatic carbocycles. The lowest BCUT2D eigenvalue weighted by molar-refractivity contribution is -0.132. The Labute approximate surface area is 164 Å². The molecule has 1 aromatic heterocycles. The summed E-state index contributed by atoms with van der Waals surface area (Å²) in [6.45, 7) is 5.43. The molecule has 3 rings (SSSR count). The number of nitrogens with zero attached hydrogens (tertiary/aromatic N) is 3. The number of carbonyl (C=O) groups is 1. The number of rotatable bonds is 5. The number of aliphatic hydroxyl groups is 1. The van der Waals surface area contributed by atoms with Gasteiger partial charge < -0.3 is 14.7 Å². The first-order chi connectivity index (χ1) is 12.8. The van der Waals surface area contributed by atoms with Gasteiger partial charge in [0.1, 0.15) is 24.5 Å². The van der Waals surface area contributed by atoms with Gasteiger partial charge in [-0.2, -0.15) is 5.10 Å². The van der Waals surface area contributed by atoms with E-state index in [1.807, 2.05) is 36.9 Å². The zero-order valence-corrected chi connectivity index (χ0v) is 16.6. The molecule has 1 saturated heterocycles. The van der Waals surface area contributed by atoms with Crippen LogP contribution in [-0.2, 0) is 11.3 Å². The van der Waals surface area contributed by atoms with Gasteiger partial charge in [0.2, 0.25) is 5.91 Å². The minimum atomic E-state index is -0.949. The average molecular weight is 392 g/mol. The summed E-state index contributed by atoms with van der Waals surface area (Å²) in [7, 11) is 0. The Kier molecular flexibility index (Phi) is 6.07. The molecule has 1 aliphatic heterocycles. The van der Waals surface area contributed by atoms with Gasteiger partial charge >= 0.3 is 0 Å². The number of aryl methyl sites for hydroxylation is 2. The second-order valence-electron chi connectivity index (χ2n) is 7.29. The van der Waals surface area contributed by atoms with Gasteiger partial charge in [-0.3, -0.25) is 9.48 Å². The Morgan fingerprint density at radius 3 is 2.81 bits per heavy atom.